The van der Waals surface area contributed by atoms with Crippen LogP contribution in [0.25, 0.3) is 11.4 Å². The number of H-pyrrole nitrogens is 1. The number of sulfonamides is 1. The molecule has 0 spiro atoms. The van der Waals surface area contributed by atoms with Gasteiger partial charge in [-0.25, -0.2) is 18.7 Å². The van der Waals surface area contributed by atoms with Crippen molar-refractivity contribution < 1.29 is 8.42 Å². The minimum absolute atomic E-state index is 0.282. The summed E-state index contributed by atoms with van der Waals surface area (Å²) in [5.41, 5.74) is 1.71. The first kappa shape index (κ1) is 12.2. The van der Waals surface area contributed by atoms with Gasteiger partial charge in [-0.05, 0) is 34.5 Å². The molecule has 0 radical (unpaired) electrons. The van der Waals surface area contributed by atoms with Gasteiger partial charge in [0.15, 0.2) is 5.82 Å². The fraction of sp³-hybridized carbons (Fsp3) is 0.111. The minimum atomic E-state index is -3.86. The lowest BCUT2D eigenvalue weighted by Crippen LogP contribution is -2.13. The highest BCUT2D eigenvalue weighted by Crippen LogP contribution is 2.28. The molecule has 0 aliphatic carbocycles. The Morgan fingerprint density at radius 1 is 1.41 bits per heavy atom. The highest BCUT2D eigenvalue weighted by atomic mass is 79.9. The van der Waals surface area contributed by atoms with Crippen molar-refractivity contribution in [3.63, 3.8) is 0 Å². The normalized spacial score (nSPS) is 11.7. The van der Waals surface area contributed by atoms with Gasteiger partial charge in [-0.2, -0.15) is 10.1 Å². The molecule has 1 aromatic heterocycles. The number of aromatic amines is 1. The topological polar surface area (TPSA) is 102 Å². The van der Waals surface area contributed by atoms with E-state index in [-0.39, 0.29) is 11.0 Å². The lowest BCUT2D eigenvalue weighted by molar-refractivity contribution is 0.589. The number of hydrogen-bond donors (Lipinski definition) is 2. The zero-order chi connectivity index (χ0) is 12.6. The number of aryl methyl sites for hydroxylation is 1. The van der Waals surface area contributed by atoms with Crippen LogP contribution in [0.1, 0.15) is 5.56 Å². The first-order chi connectivity index (χ1) is 7.89. The van der Waals surface area contributed by atoms with E-state index in [1.165, 1.54) is 0 Å². The molecule has 0 saturated heterocycles. The maximum atomic E-state index is 11.1. The van der Waals surface area contributed by atoms with E-state index in [4.69, 9.17) is 5.14 Å². The smallest absolute Gasteiger partial charge is 0.248 e. The fourth-order valence-electron chi connectivity index (χ4n) is 1.31. The molecule has 0 aliphatic rings. The highest BCUT2D eigenvalue weighted by Gasteiger charge is 2.16. The van der Waals surface area contributed by atoms with Crippen LogP contribution in [-0.2, 0) is 10.0 Å². The van der Waals surface area contributed by atoms with E-state index in [1.807, 2.05) is 19.1 Å². The molecule has 1 aromatic carbocycles. The Kier molecular flexibility index (Phi) is 3.02. The molecule has 2 rings (SSSR count). The molecule has 17 heavy (non-hydrogen) atoms. The van der Waals surface area contributed by atoms with Gasteiger partial charge in [0.25, 0.3) is 15.2 Å². The van der Waals surface area contributed by atoms with Gasteiger partial charge >= 0.3 is 0 Å². The number of hydrogen-bond acceptors (Lipinski definition) is 4. The van der Waals surface area contributed by atoms with E-state index < -0.39 is 10.0 Å². The van der Waals surface area contributed by atoms with E-state index >= 15 is 0 Å². The Morgan fingerprint density at radius 2 is 2.12 bits per heavy atom. The average molecular weight is 317 g/mol. The summed E-state index contributed by atoms with van der Waals surface area (Å²) in [5, 5.41) is 10.7. The van der Waals surface area contributed by atoms with Gasteiger partial charge in [0.2, 0.25) is 0 Å². The number of benzene rings is 1. The van der Waals surface area contributed by atoms with Gasteiger partial charge in [0.05, 0.1) is 0 Å². The van der Waals surface area contributed by atoms with E-state index in [2.05, 4.69) is 31.1 Å². The summed E-state index contributed by atoms with van der Waals surface area (Å²) < 4.78 is 22.9. The molecule has 3 N–H and O–H groups in total. The largest absolute Gasteiger partial charge is 0.273 e. The lowest BCUT2D eigenvalue weighted by atomic mass is 10.1. The second-order valence-corrected chi connectivity index (χ2v) is 5.72. The van der Waals surface area contributed by atoms with Crippen molar-refractivity contribution in [1.29, 1.82) is 0 Å². The number of primary sulfonamides is 1. The van der Waals surface area contributed by atoms with Crippen LogP contribution in [0.3, 0.4) is 0 Å². The van der Waals surface area contributed by atoms with Gasteiger partial charge in [0.1, 0.15) is 0 Å². The van der Waals surface area contributed by atoms with Crippen LogP contribution in [0.2, 0.25) is 0 Å². The Labute approximate surface area is 106 Å². The Morgan fingerprint density at radius 3 is 2.71 bits per heavy atom. The van der Waals surface area contributed by atoms with Gasteiger partial charge in [0, 0.05) is 10.0 Å². The maximum Gasteiger partial charge on any atom is 0.273 e. The minimum Gasteiger partial charge on any atom is -0.248 e. The Balaban J connectivity index is 2.55. The van der Waals surface area contributed by atoms with E-state index in [1.54, 1.807) is 6.07 Å². The molecule has 0 saturated carbocycles. The summed E-state index contributed by atoms with van der Waals surface area (Å²) >= 11 is 3.40. The van der Waals surface area contributed by atoms with Crippen LogP contribution in [0.4, 0.5) is 0 Å². The van der Waals surface area contributed by atoms with Crippen LogP contribution in [0.5, 0.6) is 0 Å². The quantitative estimate of drug-likeness (QED) is 0.868. The van der Waals surface area contributed by atoms with Crippen molar-refractivity contribution in [2.75, 3.05) is 0 Å². The van der Waals surface area contributed by atoms with Crippen LogP contribution >= 0.6 is 15.9 Å². The molecular formula is C9H9BrN4O2S. The molecule has 0 amide bonds. The van der Waals surface area contributed by atoms with Crippen LogP contribution in [-0.4, -0.2) is 23.6 Å². The summed E-state index contributed by atoms with van der Waals surface area (Å²) in [6.07, 6.45) is 0. The molecule has 90 valence electrons. The number of aromatic nitrogens is 3. The number of nitrogens with one attached hydrogen (secondary N) is 1. The van der Waals surface area contributed by atoms with Crippen molar-refractivity contribution in [3.05, 3.63) is 28.2 Å². The third kappa shape index (κ3) is 2.38. The van der Waals surface area contributed by atoms with E-state index in [0.29, 0.717) is 5.56 Å². The van der Waals surface area contributed by atoms with E-state index in [0.717, 1.165) is 10.0 Å². The lowest BCUT2D eigenvalue weighted by Gasteiger charge is -2.02. The summed E-state index contributed by atoms with van der Waals surface area (Å²) in [6, 6.07) is 5.54. The molecule has 1 heterocycles. The van der Waals surface area contributed by atoms with Crippen LogP contribution in [0, 0.1) is 6.92 Å². The summed E-state index contributed by atoms with van der Waals surface area (Å²) in [7, 11) is -3.86. The summed E-state index contributed by atoms with van der Waals surface area (Å²) in [5.74, 6) is 0.282. The number of nitrogens with two attached hydrogens (primary N) is 1. The fourth-order valence-corrected chi connectivity index (χ4v) is 2.14. The molecule has 6 nitrogen and oxygen atoms in total. The second-order valence-electron chi connectivity index (χ2n) is 3.45. The number of rotatable bonds is 2. The zero-order valence-corrected chi connectivity index (χ0v) is 11.2. The number of nitrogens with zero attached hydrogens (tertiary/aromatic N) is 2. The van der Waals surface area contributed by atoms with Gasteiger partial charge < -0.3 is 0 Å². The highest BCUT2D eigenvalue weighted by molar-refractivity contribution is 9.10. The SMILES string of the molecule is Cc1cccc(-c2n[nH]c(S(N)(=O)=O)n2)c1Br. The first-order valence-electron chi connectivity index (χ1n) is 4.60. The number of halogens is 1. The maximum absolute atomic E-state index is 11.1. The molecule has 0 fully saturated rings. The van der Waals surface area contributed by atoms with E-state index in [9.17, 15) is 8.42 Å². The third-order valence-corrected chi connectivity index (χ3v) is 3.94. The molecule has 8 heteroatoms. The Bertz CT molecular complexity index is 665. The van der Waals surface area contributed by atoms with Crippen molar-refractivity contribution in [2.24, 2.45) is 5.14 Å². The molecular weight excluding hydrogens is 308 g/mol. The standard InChI is InChI=1S/C9H9BrN4O2S/c1-5-3-2-4-6(7(5)10)8-12-9(14-13-8)17(11,15)16/h2-4H,1H3,(H2,11,15,16)(H,12,13,14). The van der Waals surface area contributed by atoms with Gasteiger partial charge in [-0.15, -0.1) is 0 Å². The first-order valence-corrected chi connectivity index (χ1v) is 6.94. The predicted molar refractivity (Wildman–Crippen MR) is 65.6 cm³/mol. The monoisotopic (exact) mass is 316 g/mol. The summed E-state index contributed by atoms with van der Waals surface area (Å²) in [6.45, 7) is 1.92. The van der Waals surface area contributed by atoms with Gasteiger partial charge in [-0.3, -0.25) is 0 Å². The van der Waals surface area contributed by atoms with Crippen molar-refractivity contribution in [3.8, 4) is 11.4 Å². The molecule has 0 unspecified atom stereocenters. The van der Waals surface area contributed by atoms with Crippen LogP contribution < -0.4 is 5.14 Å². The Hall–Kier alpha value is -1.25. The van der Waals surface area contributed by atoms with Gasteiger partial charge in [-0.1, -0.05) is 12.1 Å². The predicted octanol–water partition coefficient (Wildman–Crippen LogP) is 1.19. The van der Waals surface area contributed by atoms with Crippen molar-refractivity contribution in [1.82, 2.24) is 15.2 Å². The van der Waals surface area contributed by atoms with Crippen LogP contribution in [0.15, 0.2) is 27.8 Å². The molecule has 0 bridgehead atoms. The zero-order valence-electron chi connectivity index (χ0n) is 8.81. The second kappa shape index (κ2) is 4.21. The molecule has 2 aromatic rings. The molecule has 0 aliphatic heterocycles. The van der Waals surface area contributed by atoms with Crippen molar-refractivity contribution >= 4 is 26.0 Å². The third-order valence-electron chi connectivity index (χ3n) is 2.17. The molecule has 0 atom stereocenters. The average Bonchev–Trinajstić information content (AvgIpc) is 2.70. The van der Waals surface area contributed by atoms with Crippen molar-refractivity contribution in [2.45, 2.75) is 12.1 Å². The summed E-state index contributed by atoms with van der Waals surface area (Å²) in [4.78, 5) is 3.84.